The standard InChI is InChI=1S/C12H12Cl3N3OS/c1-2-3-16-12-18-17-11(20-12)6-19-10-5-8(14)7(13)4-9(10)15/h4-5H,2-3,6H2,1H3,(H,16,18). The van der Waals surface area contributed by atoms with Gasteiger partial charge in [-0.1, -0.05) is 53.1 Å². The van der Waals surface area contributed by atoms with Gasteiger partial charge >= 0.3 is 0 Å². The first-order valence-corrected chi connectivity index (χ1v) is 7.88. The summed E-state index contributed by atoms with van der Waals surface area (Å²) in [4.78, 5) is 0. The molecule has 20 heavy (non-hydrogen) atoms. The Morgan fingerprint density at radius 1 is 1.15 bits per heavy atom. The number of aromatic nitrogens is 2. The highest BCUT2D eigenvalue weighted by atomic mass is 35.5. The van der Waals surface area contributed by atoms with Crippen LogP contribution in [0.25, 0.3) is 0 Å². The van der Waals surface area contributed by atoms with Crippen molar-refractivity contribution >= 4 is 51.3 Å². The lowest BCUT2D eigenvalue weighted by atomic mass is 10.3. The molecule has 0 amide bonds. The van der Waals surface area contributed by atoms with Gasteiger partial charge in [0.05, 0.1) is 15.1 Å². The minimum atomic E-state index is 0.281. The highest BCUT2D eigenvalue weighted by Crippen LogP contribution is 2.34. The summed E-state index contributed by atoms with van der Waals surface area (Å²) in [5.74, 6) is 0.472. The minimum Gasteiger partial charge on any atom is -0.485 e. The van der Waals surface area contributed by atoms with Crippen molar-refractivity contribution in [3.05, 3.63) is 32.2 Å². The van der Waals surface area contributed by atoms with E-state index in [-0.39, 0.29) is 6.61 Å². The number of rotatable bonds is 6. The number of hydrogen-bond acceptors (Lipinski definition) is 5. The minimum absolute atomic E-state index is 0.281. The van der Waals surface area contributed by atoms with Crippen LogP contribution in [-0.2, 0) is 6.61 Å². The van der Waals surface area contributed by atoms with Crippen LogP contribution >= 0.6 is 46.1 Å². The molecule has 1 aromatic carbocycles. The molecule has 1 N–H and O–H groups in total. The predicted molar refractivity (Wildman–Crippen MR) is 84.5 cm³/mol. The van der Waals surface area contributed by atoms with E-state index < -0.39 is 0 Å². The number of hydrogen-bond donors (Lipinski definition) is 1. The van der Waals surface area contributed by atoms with Crippen LogP contribution in [0.1, 0.15) is 18.4 Å². The molecule has 0 unspecified atom stereocenters. The van der Waals surface area contributed by atoms with E-state index in [1.165, 1.54) is 11.3 Å². The molecule has 0 saturated heterocycles. The fraction of sp³-hybridized carbons (Fsp3) is 0.333. The van der Waals surface area contributed by atoms with Crippen LogP contribution < -0.4 is 10.1 Å². The number of halogens is 3. The normalized spacial score (nSPS) is 10.6. The lowest BCUT2D eigenvalue weighted by Gasteiger charge is -2.07. The first-order chi connectivity index (χ1) is 9.60. The van der Waals surface area contributed by atoms with E-state index >= 15 is 0 Å². The van der Waals surface area contributed by atoms with E-state index in [4.69, 9.17) is 39.5 Å². The van der Waals surface area contributed by atoms with Gasteiger partial charge in [-0.05, 0) is 12.5 Å². The lowest BCUT2D eigenvalue weighted by molar-refractivity contribution is 0.305. The van der Waals surface area contributed by atoms with Crippen LogP contribution in [-0.4, -0.2) is 16.7 Å². The summed E-state index contributed by atoms with van der Waals surface area (Å²) in [6.45, 7) is 3.24. The third-order valence-electron chi connectivity index (χ3n) is 2.32. The zero-order chi connectivity index (χ0) is 14.5. The molecule has 1 aromatic heterocycles. The van der Waals surface area contributed by atoms with E-state index in [0.29, 0.717) is 20.8 Å². The van der Waals surface area contributed by atoms with Crippen LogP contribution in [0.3, 0.4) is 0 Å². The van der Waals surface area contributed by atoms with Crippen LogP contribution in [0, 0.1) is 0 Å². The lowest BCUT2D eigenvalue weighted by Crippen LogP contribution is -1.98. The molecule has 0 aliphatic carbocycles. The van der Waals surface area contributed by atoms with Crippen molar-refractivity contribution in [3.8, 4) is 5.75 Å². The average Bonchev–Trinajstić information content (AvgIpc) is 2.87. The highest BCUT2D eigenvalue weighted by molar-refractivity contribution is 7.15. The van der Waals surface area contributed by atoms with Crippen LogP contribution in [0.15, 0.2) is 12.1 Å². The Balaban J connectivity index is 1.98. The van der Waals surface area contributed by atoms with Gasteiger partial charge in [-0.3, -0.25) is 0 Å². The Kier molecular flexibility index (Phi) is 5.72. The second-order valence-electron chi connectivity index (χ2n) is 3.91. The fourth-order valence-corrected chi connectivity index (χ4v) is 2.64. The molecular formula is C12H12Cl3N3OS. The summed E-state index contributed by atoms with van der Waals surface area (Å²) >= 11 is 19.3. The molecule has 0 aliphatic rings. The van der Waals surface area contributed by atoms with Crippen LogP contribution in [0.2, 0.25) is 15.1 Å². The molecule has 0 spiro atoms. The molecule has 108 valence electrons. The van der Waals surface area contributed by atoms with Crippen molar-refractivity contribution in [2.75, 3.05) is 11.9 Å². The number of ether oxygens (including phenoxy) is 1. The number of nitrogens with one attached hydrogen (secondary N) is 1. The molecule has 0 atom stereocenters. The van der Waals surface area contributed by atoms with Crippen molar-refractivity contribution in [2.45, 2.75) is 20.0 Å². The van der Waals surface area contributed by atoms with Gasteiger partial charge in [-0.25, -0.2) is 0 Å². The molecule has 2 rings (SSSR count). The molecule has 0 radical (unpaired) electrons. The summed E-state index contributed by atoms with van der Waals surface area (Å²) in [5.41, 5.74) is 0. The Morgan fingerprint density at radius 3 is 2.65 bits per heavy atom. The fourth-order valence-electron chi connectivity index (χ4n) is 1.37. The van der Waals surface area contributed by atoms with Crippen molar-refractivity contribution < 1.29 is 4.74 Å². The number of anilines is 1. The Morgan fingerprint density at radius 2 is 1.90 bits per heavy atom. The third-order valence-corrected chi connectivity index (χ3v) is 4.19. The number of nitrogens with zero attached hydrogens (tertiary/aromatic N) is 2. The summed E-state index contributed by atoms with van der Waals surface area (Å²) in [6, 6.07) is 3.14. The highest BCUT2D eigenvalue weighted by Gasteiger charge is 2.09. The Hall–Kier alpha value is -0.750. The zero-order valence-corrected chi connectivity index (χ0v) is 13.7. The molecular weight excluding hydrogens is 341 g/mol. The summed E-state index contributed by atoms with van der Waals surface area (Å²) in [6.07, 6.45) is 1.03. The van der Waals surface area contributed by atoms with E-state index in [1.807, 2.05) is 0 Å². The van der Waals surface area contributed by atoms with Gasteiger partial charge in [0.25, 0.3) is 0 Å². The molecule has 2 aromatic rings. The molecule has 1 heterocycles. The van der Waals surface area contributed by atoms with Gasteiger partial charge in [0, 0.05) is 12.6 Å². The van der Waals surface area contributed by atoms with Gasteiger partial charge in [0.2, 0.25) is 5.13 Å². The number of benzene rings is 1. The second-order valence-corrected chi connectivity index (χ2v) is 6.20. The average molecular weight is 353 g/mol. The van der Waals surface area contributed by atoms with Crippen molar-refractivity contribution in [1.29, 1.82) is 0 Å². The molecule has 0 bridgehead atoms. The van der Waals surface area contributed by atoms with E-state index in [0.717, 1.165) is 23.1 Å². The smallest absolute Gasteiger partial charge is 0.205 e. The van der Waals surface area contributed by atoms with Gasteiger partial charge in [0.15, 0.2) is 5.01 Å². The quantitative estimate of drug-likeness (QED) is 0.751. The van der Waals surface area contributed by atoms with Gasteiger partial charge < -0.3 is 10.1 Å². The van der Waals surface area contributed by atoms with E-state index in [2.05, 4.69) is 22.4 Å². The Bertz CT molecular complexity index is 591. The largest absolute Gasteiger partial charge is 0.485 e. The SMILES string of the molecule is CCCNc1nnc(COc2cc(Cl)c(Cl)cc2Cl)s1. The van der Waals surface area contributed by atoms with Crippen LogP contribution in [0.5, 0.6) is 5.75 Å². The van der Waals surface area contributed by atoms with Gasteiger partial charge in [-0.15, -0.1) is 10.2 Å². The molecule has 0 aliphatic heterocycles. The van der Waals surface area contributed by atoms with Crippen LogP contribution in [0.4, 0.5) is 5.13 Å². The summed E-state index contributed by atoms with van der Waals surface area (Å²) < 4.78 is 5.58. The Labute approximate surface area is 136 Å². The zero-order valence-electron chi connectivity index (χ0n) is 10.6. The monoisotopic (exact) mass is 351 g/mol. The first-order valence-electron chi connectivity index (χ1n) is 5.93. The maximum absolute atomic E-state index is 6.03. The summed E-state index contributed by atoms with van der Waals surface area (Å²) in [5, 5.41) is 14.0. The van der Waals surface area contributed by atoms with Crippen molar-refractivity contribution in [2.24, 2.45) is 0 Å². The van der Waals surface area contributed by atoms with Gasteiger partial charge in [0.1, 0.15) is 12.4 Å². The molecule has 0 fully saturated rings. The molecule has 0 saturated carbocycles. The van der Waals surface area contributed by atoms with E-state index in [9.17, 15) is 0 Å². The molecule has 4 nitrogen and oxygen atoms in total. The molecule has 8 heteroatoms. The summed E-state index contributed by atoms with van der Waals surface area (Å²) in [7, 11) is 0. The maximum atomic E-state index is 6.03. The maximum Gasteiger partial charge on any atom is 0.205 e. The third kappa shape index (κ3) is 4.12. The van der Waals surface area contributed by atoms with Gasteiger partial charge in [-0.2, -0.15) is 0 Å². The predicted octanol–water partition coefficient (Wildman–Crippen LogP) is 4.90. The second kappa shape index (κ2) is 7.31. The van der Waals surface area contributed by atoms with E-state index in [1.54, 1.807) is 12.1 Å². The van der Waals surface area contributed by atoms with Crippen molar-refractivity contribution in [1.82, 2.24) is 10.2 Å². The first kappa shape index (κ1) is 15.6. The topological polar surface area (TPSA) is 47.0 Å². The van der Waals surface area contributed by atoms with Crippen molar-refractivity contribution in [3.63, 3.8) is 0 Å².